The minimum Gasteiger partial charge on any atom is -0.494 e. The Morgan fingerprint density at radius 3 is 2.39 bits per heavy atom. The molecule has 1 fully saturated rings. The zero-order valence-electron chi connectivity index (χ0n) is 20.9. The van der Waals surface area contributed by atoms with Crippen molar-refractivity contribution in [3.8, 4) is 5.75 Å². The molecule has 0 saturated heterocycles. The van der Waals surface area contributed by atoms with Gasteiger partial charge < -0.3 is 21.5 Å². The van der Waals surface area contributed by atoms with E-state index in [9.17, 15) is 4.79 Å². The van der Waals surface area contributed by atoms with Crippen molar-refractivity contribution >= 4 is 23.4 Å². The third kappa shape index (κ3) is 7.95. The minimum atomic E-state index is -0.580. The Kier molecular flexibility index (Phi) is 11.0. The number of allylic oxidation sites excluding steroid dienone is 1. The van der Waals surface area contributed by atoms with E-state index in [1.165, 1.54) is 51.4 Å². The highest BCUT2D eigenvalue weighted by Crippen LogP contribution is 2.29. The predicted molar refractivity (Wildman–Crippen MR) is 140 cm³/mol. The number of hydrogen-bond donors (Lipinski definition) is 3. The van der Waals surface area contributed by atoms with Crippen LogP contribution < -0.4 is 21.5 Å². The highest BCUT2D eigenvalue weighted by molar-refractivity contribution is 6.29. The minimum absolute atomic E-state index is 0.259. The highest BCUT2D eigenvalue weighted by Gasteiger charge is 2.22. The van der Waals surface area contributed by atoms with Crippen LogP contribution in [0.15, 0.2) is 40.0 Å². The summed E-state index contributed by atoms with van der Waals surface area (Å²) in [6, 6.07) is 5.82. The molecule has 0 radical (unpaired) electrons. The number of ether oxygens (including phenoxy) is 1. The van der Waals surface area contributed by atoms with Crippen molar-refractivity contribution in [2.75, 3.05) is 25.5 Å². The van der Waals surface area contributed by atoms with Crippen LogP contribution in [0.1, 0.15) is 77.7 Å². The molecule has 0 aromatic heterocycles. The van der Waals surface area contributed by atoms with Gasteiger partial charge >= 0.3 is 0 Å². The number of anilines is 1. The second-order valence-corrected chi connectivity index (χ2v) is 8.85. The number of amides is 1. The summed E-state index contributed by atoms with van der Waals surface area (Å²) in [7, 11) is 1.62. The Balaban J connectivity index is 0.000000321. The van der Waals surface area contributed by atoms with Crippen LogP contribution in [0.4, 0.5) is 5.69 Å². The number of carbonyl (C=O) groups excluding carboxylic acids is 1. The molecular weight excluding hydrogens is 412 g/mol. The lowest BCUT2D eigenvalue weighted by atomic mass is 9.95. The molecule has 0 unspecified atom stereocenters. The van der Waals surface area contributed by atoms with Gasteiger partial charge in [0.15, 0.2) is 0 Å². The normalized spacial score (nSPS) is 17.3. The number of benzene rings is 1. The van der Waals surface area contributed by atoms with E-state index in [4.69, 9.17) is 16.2 Å². The molecule has 5 N–H and O–H groups in total. The molecule has 1 saturated carbocycles. The molecule has 0 bridgehead atoms. The number of nitrogens with one attached hydrogen (secondary N) is 1. The van der Waals surface area contributed by atoms with Crippen molar-refractivity contribution in [1.82, 2.24) is 0 Å². The number of fused-ring (bicyclic) bond motifs is 1. The molecule has 1 aliphatic carbocycles. The molecule has 3 rings (SSSR count). The van der Waals surface area contributed by atoms with Crippen LogP contribution in [0.5, 0.6) is 5.75 Å². The van der Waals surface area contributed by atoms with E-state index in [1.807, 2.05) is 31.2 Å². The number of rotatable bonds is 7. The topological polar surface area (TPSA) is 103 Å². The van der Waals surface area contributed by atoms with Gasteiger partial charge in [-0.25, -0.2) is 0 Å². The molecule has 0 spiro atoms. The molecule has 1 aliphatic heterocycles. The van der Waals surface area contributed by atoms with Gasteiger partial charge in [0, 0.05) is 31.0 Å². The maximum Gasteiger partial charge on any atom is 0.252 e. The van der Waals surface area contributed by atoms with E-state index in [0.717, 1.165) is 28.5 Å². The zero-order chi connectivity index (χ0) is 24.2. The van der Waals surface area contributed by atoms with Gasteiger partial charge in [0.2, 0.25) is 0 Å². The van der Waals surface area contributed by atoms with Crippen LogP contribution in [-0.4, -0.2) is 31.8 Å². The van der Waals surface area contributed by atoms with Gasteiger partial charge in [-0.15, -0.1) is 0 Å². The fourth-order valence-electron chi connectivity index (χ4n) is 4.63. The summed E-state index contributed by atoms with van der Waals surface area (Å²) in [6.07, 6.45) is 13.9. The largest absolute Gasteiger partial charge is 0.494 e. The SMILES string of the molecule is CCCC1CCCCCC1.CCOc1ccc2c(c1)NCC(C(=NC)/C(C(N)=O)=C(\C)N)=C2. The lowest BCUT2D eigenvalue weighted by Gasteiger charge is -2.21. The Morgan fingerprint density at radius 1 is 1.15 bits per heavy atom. The van der Waals surface area contributed by atoms with E-state index in [2.05, 4.69) is 17.2 Å². The summed E-state index contributed by atoms with van der Waals surface area (Å²) in [5.74, 6) is 1.33. The van der Waals surface area contributed by atoms with Crippen molar-refractivity contribution in [1.29, 1.82) is 0 Å². The van der Waals surface area contributed by atoms with Crippen LogP contribution in [0.25, 0.3) is 6.08 Å². The van der Waals surface area contributed by atoms with Gasteiger partial charge in [-0.3, -0.25) is 9.79 Å². The number of carbonyl (C=O) groups is 1. The lowest BCUT2D eigenvalue weighted by Crippen LogP contribution is -2.28. The van der Waals surface area contributed by atoms with Gasteiger partial charge in [-0.1, -0.05) is 58.3 Å². The number of primary amides is 1. The zero-order valence-corrected chi connectivity index (χ0v) is 20.9. The molecule has 1 heterocycles. The first-order valence-corrected chi connectivity index (χ1v) is 12.4. The van der Waals surface area contributed by atoms with E-state index in [0.29, 0.717) is 24.6 Å². The first kappa shape index (κ1) is 26.5. The predicted octanol–water partition coefficient (Wildman–Crippen LogP) is 5.44. The van der Waals surface area contributed by atoms with Gasteiger partial charge in [0.1, 0.15) is 5.75 Å². The molecule has 182 valence electrons. The summed E-state index contributed by atoms with van der Waals surface area (Å²) in [5, 5.41) is 3.31. The van der Waals surface area contributed by atoms with Gasteiger partial charge in [0.25, 0.3) is 5.91 Å². The first-order chi connectivity index (χ1) is 15.9. The fraction of sp³-hybridized carbons (Fsp3) is 0.556. The van der Waals surface area contributed by atoms with Crippen LogP contribution in [0.3, 0.4) is 0 Å². The first-order valence-electron chi connectivity index (χ1n) is 12.4. The molecule has 33 heavy (non-hydrogen) atoms. The van der Waals surface area contributed by atoms with Crippen molar-refractivity contribution in [3.05, 3.63) is 40.6 Å². The molecule has 6 heteroatoms. The Bertz CT molecular complexity index is 874. The highest BCUT2D eigenvalue weighted by atomic mass is 16.5. The molecule has 6 nitrogen and oxygen atoms in total. The third-order valence-electron chi connectivity index (χ3n) is 6.21. The Morgan fingerprint density at radius 2 is 1.85 bits per heavy atom. The number of nitrogens with zero attached hydrogens (tertiary/aromatic N) is 1. The average molecular weight is 455 g/mol. The summed E-state index contributed by atoms with van der Waals surface area (Å²) in [5.41, 5.74) is 15.2. The van der Waals surface area contributed by atoms with Gasteiger partial charge in [-0.2, -0.15) is 0 Å². The summed E-state index contributed by atoms with van der Waals surface area (Å²) in [4.78, 5) is 15.9. The second kappa shape index (κ2) is 13.7. The maximum atomic E-state index is 11.7. The van der Waals surface area contributed by atoms with Crippen molar-refractivity contribution in [2.24, 2.45) is 22.4 Å². The van der Waals surface area contributed by atoms with E-state index in [1.54, 1.807) is 14.0 Å². The van der Waals surface area contributed by atoms with E-state index < -0.39 is 5.91 Å². The summed E-state index contributed by atoms with van der Waals surface area (Å²) < 4.78 is 5.50. The number of aliphatic imine (C=N–C) groups is 1. The molecule has 1 aromatic carbocycles. The molecule has 1 aromatic rings. The molecule has 1 amide bonds. The molecule has 2 aliphatic rings. The second-order valence-electron chi connectivity index (χ2n) is 8.85. The lowest BCUT2D eigenvalue weighted by molar-refractivity contribution is -0.114. The van der Waals surface area contributed by atoms with Crippen molar-refractivity contribution < 1.29 is 9.53 Å². The van der Waals surface area contributed by atoms with Crippen LogP contribution >= 0.6 is 0 Å². The monoisotopic (exact) mass is 454 g/mol. The van der Waals surface area contributed by atoms with Crippen molar-refractivity contribution in [3.63, 3.8) is 0 Å². The quantitative estimate of drug-likeness (QED) is 0.290. The average Bonchev–Trinajstić information content (AvgIpc) is 3.06. The summed E-state index contributed by atoms with van der Waals surface area (Å²) >= 11 is 0. The van der Waals surface area contributed by atoms with Crippen LogP contribution in [-0.2, 0) is 4.79 Å². The number of nitrogens with two attached hydrogens (primary N) is 2. The summed E-state index contributed by atoms with van der Waals surface area (Å²) in [6.45, 7) is 7.05. The van der Waals surface area contributed by atoms with E-state index >= 15 is 0 Å². The molecule has 0 atom stereocenters. The Labute approximate surface area is 199 Å². The van der Waals surface area contributed by atoms with Crippen LogP contribution in [0, 0.1) is 5.92 Å². The Hall–Kier alpha value is -2.76. The standard InChI is InChI=1S/C17H22N4O2.C10H20/c1-4-23-13-6-5-11-7-12(9-21-14(11)8-13)16(20-3)15(10(2)18)17(19)22;1-2-7-10-8-5-3-4-6-9-10/h5-8,21H,4,9,18H2,1-3H3,(H2,19,22);10H,2-9H2,1H3/b15-10-,20-16?;. The van der Waals surface area contributed by atoms with Crippen LogP contribution in [0.2, 0.25) is 0 Å². The maximum absolute atomic E-state index is 11.7. The number of hydrogen-bond acceptors (Lipinski definition) is 5. The third-order valence-corrected chi connectivity index (χ3v) is 6.21. The fourth-order valence-corrected chi connectivity index (χ4v) is 4.63. The van der Waals surface area contributed by atoms with Crippen molar-refractivity contribution in [2.45, 2.75) is 72.1 Å². The molecular formula is C27H42N4O2. The van der Waals surface area contributed by atoms with E-state index in [-0.39, 0.29) is 5.57 Å². The van der Waals surface area contributed by atoms with Gasteiger partial charge in [0.05, 0.1) is 17.9 Å². The van der Waals surface area contributed by atoms with Gasteiger partial charge in [-0.05, 0) is 49.1 Å². The smallest absolute Gasteiger partial charge is 0.252 e.